The molecule has 1 aromatic carbocycles. The molecule has 0 bridgehead atoms. The Hall–Kier alpha value is -3.22. The van der Waals surface area contributed by atoms with Gasteiger partial charge in [-0.25, -0.2) is 4.98 Å². The van der Waals surface area contributed by atoms with E-state index in [4.69, 9.17) is 27.5 Å². The lowest BCUT2D eigenvalue weighted by atomic mass is 9.75. The topological polar surface area (TPSA) is 93.3 Å². The Morgan fingerprint density at radius 2 is 1.92 bits per heavy atom. The van der Waals surface area contributed by atoms with E-state index in [0.717, 1.165) is 34.9 Å². The molecule has 37 heavy (non-hydrogen) atoms. The van der Waals surface area contributed by atoms with Crippen LogP contribution in [0.15, 0.2) is 30.5 Å². The number of amides is 1. The molecule has 194 valence electrons. The van der Waals surface area contributed by atoms with Crippen LogP contribution in [0.2, 0.25) is 0 Å². The maximum atomic E-state index is 13.6. The molecule has 1 aliphatic heterocycles. The van der Waals surface area contributed by atoms with Gasteiger partial charge in [-0.1, -0.05) is 22.9 Å². The monoisotopic (exact) mass is 593 g/mol. The third kappa shape index (κ3) is 5.27. The lowest BCUT2D eigenvalue weighted by Crippen LogP contribution is -2.55. The van der Waals surface area contributed by atoms with E-state index >= 15 is 0 Å². The normalized spacial score (nSPS) is 16.0. The average Bonchev–Trinajstić information content (AvgIpc) is 3.08. The van der Waals surface area contributed by atoms with Crippen molar-refractivity contribution in [2.24, 2.45) is 0 Å². The summed E-state index contributed by atoms with van der Waals surface area (Å²) in [5, 5.41) is 17.1. The Bertz CT molecular complexity index is 1280. The van der Waals surface area contributed by atoms with Crippen LogP contribution in [-0.4, -0.2) is 33.5 Å². The van der Waals surface area contributed by atoms with Gasteiger partial charge in [0.1, 0.15) is 17.4 Å². The minimum absolute atomic E-state index is 0.0838. The van der Waals surface area contributed by atoms with Crippen LogP contribution in [-0.2, 0) is 17.4 Å². The Balaban J connectivity index is 0.00000121. The van der Waals surface area contributed by atoms with E-state index < -0.39 is 23.0 Å². The second-order valence-electron chi connectivity index (χ2n) is 8.25. The fraction of sp³-hybridized carbons (Fsp3) is 0.400. The van der Waals surface area contributed by atoms with Crippen molar-refractivity contribution < 1.29 is 22.7 Å². The Morgan fingerprint density at radius 1 is 1.24 bits per heavy atom. The van der Waals surface area contributed by atoms with Crippen LogP contribution < -0.4 is 14.5 Å². The van der Waals surface area contributed by atoms with Gasteiger partial charge in [0.2, 0.25) is 0 Å². The highest BCUT2D eigenvalue weighted by atomic mass is 79.9. The number of anilines is 2. The molecule has 2 heterocycles. The lowest BCUT2D eigenvalue weighted by Gasteiger charge is -2.43. The van der Waals surface area contributed by atoms with Crippen molar-refractivity contribution in [1.29, 1.82) is 10.5 Å². The number of alkyl halides is 4. The number of halogens is 4. The summed E-state index contributed by atoms with van der Waals surface area (Å²) in [5.74, 6) is 0.341. The first-order valence-corrected chi connectivity index (χ1v) is 12.9. The number of hydrogen-bond donors (Lipinski definition) is 0. The number of nitriles is 2. The summed E-state index contributed by atoms with van der Waals surface area (Å²) in [7, 11) is 0. The lowest BCUT2D eigenvalue weighted by molar-refractivity contribution is -0.138. The van der Waals surface area contributed by atoms with E-state index in [9.17, 15) is 18.0 Å². The molecule has 4 rings (SSSR count). The van der Waals surface area contributed by atoms with Crippen molar-refractivity contribution in [3.8, 4) is 17.9 Å². The van der Waals surface area contributed by atoms with Gasteiger partial charge in [0.15, 0.2) is 10.8 Å². The molecule has 12 heteroatoms. The SMILES string of the molecule is CC#N.CCc1cc(N2C(=S)N(c3cnc(C#N)c(C(F)(F)F)c3)C(=O)C23CCC3)ccc1OCCBr. The van der Waals surface area contributed by atoms with Crippen molar-refractivity contribution >= 4 is 50.5 Å². The van der Waals surface area contributed by atoms with E-state index in [2.05, 4.69) is 20.9 Å². The van der Waals surface area contributed by atoms with Gasteiger partial charge in [-0.05, 0) is 67.7 Å². The number of nitrogens with zero attached hydrogens (tertiary/aromatic N) is 5. The molecule has 7 nitrogen and oxygen atoms in total. The number of thiocarbonyl (C=S) groups is 1. The summed E-state index contributed by atoms with van der Waals surface area (Å²) < 4.78 is 46.3. The number of pyridine rings is 1. The molecule has 1 aromatic heterocycles. The summed E-state index contributed by atoms with van der Waals surface area (Å²) in [6, 6.07) is 9.51. The van der Waals surface area contributed by atoms with Gasteiger partial charge in [0.05, 0.1) is 30.1 Å². The molecule has 1 saturated heterocycles. The van der Waals surface area contributed by atoms with E-state index in [1.807, 2.05) is 25.1 Å². The molecule has 0 radical (unpaired) electrons. The molecule has 1 aliphatic carbocycles. The van der Waals surface area contributed by atoms with Gasteiger partial charge in [-0.15, -0.1) is 0 Å². The molecular weight excluding hydrogens is 571 g/mol. The van der Waals surface area contributed by atoms with Crippen LogP contribution in [0.25, 0.3) is 0 Å². The third-order valence-electron chi connectivity index (χ3n) is 6.15. The minimum Gasteiger partial charge on any atom is -0.492 e. The van der Waals surface area contributed by atoms with Crippen LogP contribution >= 0.6 is 28.1 Å². The number of hydrogen-bond acceptors (Lipinski definition) is 6. The number of rotatable bonds is 6. The van der Waals surface area contributed by atoms with Crippen LogP contribution in [0.5, 0.6) is 5.75 Å². The van der Waals surface area contributed by atoms with Crippen molar-refractivity contribution in [3.63, 3.8) is 0 Å². The molecule has 0 N–H and O–H groups in total. The van der Waals surface area contributed by atoms with Gasteiger partial charge in [0.25, 0.3) is 5.91 Å². The minimum atomic E-state index is -4.80. The predicted molar refractivity (Wildman–Crippen MR) is 139 cm³/mol. The van der Waals surface area contributed by atoms with Crippen LogP contribution in [0.3, 0.4) is 0 Å². The highest BCUT2D eigenvalue weighted by Gasteiger charge is 2.59. The van der Waals surface area contributed by atoms with Gasteiger partial charge in [-0.2, -0.15) is 23.7 Å². The van der Waals surface area contributed by atoms with E-state index in [0.29, 0.717) is 36.9 Å². The highest BCUT2D eigenvalue weighted by molar-refractivity contribution is 9.09. The standard InChI is InChI=1S/C23H20BrF3N4O2S.C2H3N/c1-2-14-10-15(4-5-19(14)33-9-8-24)31-21(34)30(20(32)22(31)6-3-7-22)16-11-17(23(25,26)27)18(12-28)29-13-16;1-2-3/h4-5,10-11,13H,2-3,6-9H2,1H3;1H3. The maximum absolute atomic E-state index is 13.6. The summed E-state index contributed by atoms with van der Waals surface area (Å²) in [6.45, 7) is 3.91. The Kier molecular flexibility index (Phi) is 8.77. The predicted octanol–water partition coefficient (Wildman–Crippen LogP) is 5.90. The van der Waals surface area contributed by atoms with Crippen molar-refractivity contribution in [2.75, 3.05) is 21.7 Å². The number of benzene rings is 1. The summed E-state index contributed by atoms with van der Waals surface area (Å²) >= 11 is 8.99. The first-order chi connectivity index (χ1) is 17.6. The van der Waals surface area contributed by atoms with Crippen LogP contribution in [0.4, 0.5) is 24.5 Å². The van der Waals surface area contributed by atoms with E-state index in [-0.39, 0.29) is 16.7 Å². The quantitative estimate of drug-likeness (QED) is 0.304. The summed E-state index contributed by atoms with van der Waals surface area (Å²) in [4.78, 5) is 20.1. The molecule has 1 saturated carbocycles. The third-order valence-corrected chi connectivity index (χ3v) is 6.84. The Labute approximate surface area is 226 Å². The van der Waals surface area contributed by atoms with Gasteiger partial charge >= 0.3 is 6.18 Å². The molecule has 1 spiro atoms. The molecular formula is C25H23BrF3N5O2S. The van der Waals surface area contributed by atoms with Crippen LogP contribution in [0.1, 0.15) is 49.9 Å². The van der Waals surface area contributed by atoms with Crippen molar-refractivity contribution in [3.05, 3.63) is 47.3 Å². The molecule has 2 fully saturated rings. The van der Waals surface area contributed by atoms with Gasteiger partial charge < -0.3 is 9.64 Å². The second kappa shape index (κ2) is 11.4. The summed E-state index contributed by atoms with van der Waals surface area (Å²) in [5.41, 5.74) is -1.40. The fourth-order valence-electron chi connectivity index (χ4n) is 4.36. The molecule has 2 aromatic rings. The Morgan fingerprint density at radius 3 is 2.43 bits per heavy atom. The zero-order valence-corrected chi connectivity index (χ0v) is 22.5. The first-order valence-electron chi connectivity index (χ1n) is 11.4. The zero-order valence-electron chi connectivity index (χ0n) is 20.1. The average molecular weight is 594 g/mol. The number of aryl methyl sites for hydroxylation is 1. The largest absolute Gasteiger partial charge is 0.492 e. The summed E-state index contributed by atoms with van der Waals surface area (Å²) in [6.07, 6.45) is -1.17. The molecule has 1 amide bonds. The smallest absolute Gasteiger partial charge is 0.419 e. The zero-order chi connectivity index (χ0) is 27.4. The maximum Gasteiger partial charge on any atom is 0.419 e. The number of aromatic nitrogens is 1. The number of carbonyl (C=O) groups is 1. The molecule has 0 unspecified atom stereocenters. The van der Waals surface area contributed by atoms with Gasteiger partial charge in [-0.3, -0.25) is 9.69 Å². The second-order valence-corrected chi connectivity index (χ2v) is 9.41. The van der Waals surface area contributed by atoms with Crippen LogP contribution in [0, 0.1) is 22.7 Å². The molecule has 2 aliphatic rings. The van der Waals surface area contributed by atoms with Crippen molar-refractivity contribution in [2.45, 2.75) is 51.2 Å². The van der Waals surface area contributed by atoms with E-state index in [1.165, 1.54) is 13.0 Å². The van der Waals surface area contributed by atoms with Gasteiger partial charge in [0, 0.05) is 17.9 Å². The number of carbonyl (C=O) groups excluding carboxylic acids is 1. The van der Waals surface area contributed by atoms with Crippen molar-refractivity contribution in [1.82, 2.24) is 4.98 Å². The number of ether oxygens (including phenoxy) is 1. The van der Waals surface area contributed by atoms with E-state index in [1.54, 1.807) is 11.0 Å². The first kappa shape index (κ1) is 28.4. The fourth-order valence-corrected chi connectivity index (χ4v) is 4.99. The molecule has 0 atom stereocenters. The highest BCUT2D eigenvalue weighted by Crippen LogP contribution is 2.48.